The van der Waals surface area contributed by atoms with E-state index in [2.05, 4.69) is 21.3 Å². The smallest absolute Gasteiger partial charge is 0.253 e. The number of aryl methyl sites for hydroxylation is 2. The molecule has 4 aromatic rings. The van der Waals surface area contributed by atoms with Crippen LogP contribution in [0.1, 0.15) is 64.2 Å². The van der Waals surface area contributed by atoms with Gasteiger partial charge in [0.05, 0.1) is 12.1 Å². The number of fused-ring (bicyclic) bond motifs is 1. The Morgan fingerprint density at radius 3 is 2.25 bits per heavy atom. The van der Waals surface area contributed by atoms with E-state index in [1.165, 1.54) is 12.1 Å². The van der Waals surface area contributed by atoms with Gasteiger partial charge in [0.2, 0.25) is 0 Å². The van der Waals surface area contributed by atoms with Crippen molar-refractivity contribution in [2.75, 3.05) is 19.6 Å². The Balaban J connectivity index is 1.53. The zero-order valence-corrected chi connectivity index (χ0v) is 25.9. The average molecular weight is 605 g/mol. The van der Waals surface area contributed by atoms with Crippen molar-refractivity contribution < 1.29 is 23.5 Å². The number of aliphatic hydroxyl groups excluding tert-OH is 1. The molecule has 2 amide bonds. The van der Waals surface area contributed by atoms with Crippen molar-refractivity contribution in [3.8, 4) is 0 Å². The summed E-state index contributed by atoms with van der Waals surface area (Å²) in [5.74, 6) is -2.11. The Labute approximate surface area is 257 Å². The minimum Gasteiger partial charge on any atom is -0.390 e. The van der Waals surface area contributed by atoms with Crippen LogP contribution in [-0.4, -0.2) is 58.2 Å². The zero-order valence-electron chi connectivity index (χ0n) is 25.9. The van der Waals surface area contributed by atoms with Gasteiger partial charge in [0.1, 0.15) is 11.6 Å². The normalized spacial score (nSPS) is 12.7. The second-order valence-corrected chi connectivity index (χ2v) is 11.4. The summed E-state index contributed by atoms with van der Waals surface area (Å²) in [5.41, 5.74) is 3.84. The lowest BCUT2D eigenvalue weighted by Gasteiger charge is -2.25. The van der Waals surface area contributed by atoms with Gasteiger partial charge in [-0.15, -0.1) is 0 Å². The molecular formula is C35H42F2N4O3. The summed E-state index contributed by atoms with van der Waals surface area (Å²) < 4.78 is 30.1. The van der Waals surface area contributed by atoms with Crippen molar-refractivity contribution in [2.45, 2.75) is 58.7 Å². The quantitative estimate of drug-likeness (QED) is 0.177. The van der Waals surface area contributed by atoms with Gasteiger partial charge >= 0.3 is 0 Å². The molecule has 0 fully saturated rings. The van der Waals surface area contributed by atoms with Gasteiger partial charge in [-0.1, -0.05) is 32.0 Å². The monoisotopic (exact) mass is 604 g/mol. The Morgan fingerprint density at radius 1 is 0.932 bits per heavy atom. The van der Waals surface area contributed by atoms with Crippen LogP contribution in [0.4, 0.5) is 8.78 Å². The molecule has 0 aliphatic heterocycles. The molecule has 3 N–H and O–H groups in total. The van der Waals surface area contributed by atoms with Crippen LogP contribution in [0.25, 0.3) is 10.9 Å². The number of amides is 2. The number of hydrogen-bond acceptors (Lipinski definition) is 4. The van der Waals surface area contributed by atoms with Gasteiger partial charge < -0.3 is 25.2 Å². The predicted molar refractivity (Wildman–Crippen MR) is 170 cm³/mol. The van der Waals surface area contributed by atoms with Crippen molar-refractivity contribution in [1.29, 1.82) is 0 Å². The fraction of sp³-hybridized carbons (Fsp3) is 0.371. The molecule has 0 radical (unpaired) electrons. The van der Waals surface area contributed by atoms with Gasteiger partial charge in [0, 0.05) is 61.6 Å². The summed E-state index contributed by atoms with van der Waals surface area (Å²) >= 11 is 0. The van der Waals surface area contributed by atoms with E-state index in [1.54, 1.807) is 23.1 Å². The fourth-order valence-electron chi connectivity index (χ4n) is 5.60. The van der Waals surface area contributed by atoms with E-state index in [-0.39, 0.29) is 24.4 Å². The number of hydrogen-bond donors (Lipinski definition) is 3. The van der Waals surface area contributed by atoms with Crippen LogP contribution >= 0.6 is 0 Å². The number of benzene rings is 3. The summed E-state index contributed by atoms with van der Waals surface area (Å²) in [6.07, 6.45) is 0.546. The van der Waals surface area contributed by atoms with Gasteiger partial charge in [-0.25, -0.2) is 8.78 Å². The molecule has 0 saturated heterocycles. The fourth-order valence-corrected chi connectivity index (χ4v) is 5.60. The number of aromatic nitrogens is 1. The third-order valence-electron chi connectivity index (χ3n) is 7.73. The number of carbonyl (C=O) groups is 2. The Bertz CT molecular complexity index is 1580. The van der Waals surface area contributed by atoms with Crippen LogP contribution in [0.15, 0.2) is 66.7 Å². The first kappa shape index (κ1) is 32.8. The Morgan fingerprint density at radius 2 is 1.59 bits per heavy atom. The van der Waals surface area contributed by atoms with Gasteiger partial charge in [-0.2, -0.15) is 0 Å². The molecule has 4 rings (SSSR count). The molecule has 2 atom stereocenters. The summed E-state index contributed by atoms with van der Waals surface area (Å²) in [6, 6.07) is 17.4. The number of para-hydroxylation sites is 1. The maximum Gasteiger partial charge on any atom is 0.253 e. The van der Waals surface area contributed by atoms with Crippen molar-refractivity contribution in [3.05, 3.63) is 106 Å². The van der Waals surface area contributed by atoms with E-state index >= 15 is 0 Å². The van der Waals surface area contributed by atoms with E-state index < -0.39 is 29.7 Å². The van der Waals surface area contributed by atoms with Crippen LogP contribution in [0.3, 0.4) is 0 Å². The van der Waals surface area contributed by atoms with Gasteiger partial charge in [-0.05, 0) is 85.2 Å². The molecule has 3 aromatic carbocycles. The van der Waals surface area contributed by atoms with Crippen molar-refractivity contribution in [3.63, 3.8) is 0 Å². The maximum absolute atomic E-state index is 14.0. The molecule has 0 saturated carbocycles. The first-order valence-corrected chi connectivity index (χ1v) is 15.2. The van der Waals surface area contributed by atoms with E-state index in [1.807, 2.05) is 52.1 Å². The first-order chi connectivity index (χ1) is 21.1. The van der Waals surface area contributed by atoms with Crippen molar-refractivity contribution in [2.24, 2.45) is 7.05 Å². The minimum absolute atomic E-state index is 0.00428. The van der Waals surface area contributed by atoms with Crippen LogP contribution in [0, 0.1) is 18.6 Å². The average Bonchev–Trinajstić information content (AvgIpc) is 3.30. The SMILES string of the molecule is CCCN(CCC)C(=O)c1cc(C)cc(C(=O)N[C@@H](Cc2cc(F)cc(F)c2)[C@H](O)CNCc2cc3ccccc3n2C)c1. The number of rotatable bonds is 14. The molecule has 9 heteroatoms. The van der Waals surface area contributed by atoms with Crippen LogP contribution < -0.4 is 10.6 Å². The molecule has 0 unspecified atom stereocenters. The molecule has 1 aromatic heterocycles. The summed E-state index contributed by atoms with van der Waals surface area (Å²) in [4.78, 5) is 28.6. The lowest BCUT2D eigenvalue weighted by Crippen LogP contribution is -2.48. The highest BCUT2D eigenvalue weighted by Crippen LogP contribution is 2.19. The molecule has 44 heavy (non-hydrogen) atoms. The lowest BCUT2D eigenvalue weighted by molar-refractivity contribution is 0.0755. The number of nitrogens with zero attached hydrogens (tertiary/aromatic N) is 2. The molecule has 0 spiro atoms. The molecule has 0 aliphatic carbocycles. The topological polar surface area (TPSA) is 86.6 Å². The molecule has 0 bridgehead atoms. The van der Waals surface area contributed by atoms with E-state index in [9.17, 15) is 23.5 Å². The lowest BCUT2D eigenvalue weighted by atomic mass is 9.99. The molecule has 234 valence electrons. The zero-order chi connectivity index (χ0) is 31.8. The van der Waals surface area contributed by atoms with Crippen molar-refractivity contribution in [1.82, 2.24) is 20.1 Å². The summed E-state index contributed by atoms with van der Waals surface area (Å²) in [5, 5.41) is 18.5. The number of aliphatic hydroxyl groups is 1. The molecule has 1 heterocycles. The predicted octanol–water partition coefficient (Wildman–Crippen LogP) is 5.52. The molecular weight excluding hydrogens is 562 g/mol. The van der Waals surface area contributed by atoms with Crippen LogP contribution in [-0.2, 0) is 20.0 Å². The Hall–Kier alpha value is -4.08. The van der Waals surface area contributed by atoms with E-state index in [4.69, 9.17) is 0 Å². The third kappa shape index (κ3) is 8.30. The summed E-state index contributed by atoms with van der Waals surface area (Å²) in [7, 11) is 1.97. The van der Waals surface area contributed by atoms with Gasteiger partial charge in [0.15, 0.2) is 0 Å². The number of halogens is 2. The second kappa shape index (κ2) is 15.1. The maximum atomic E-state index is 14.0. The first-order valence-electron chi connectivity index (χ1n) is 15.2. The Kier molecular flexibility index (Phi) is 11.3. The molecule has 7 nitrogen and oxygen atoms in total. The van der Waals surface area contributed by atoms with Crippen LogP contribution in [0.5, 0.6) is 0 Å². The third-order valence-corrected chi connectivity index (χ3v) is 7.73. The van der Waals surface area contributed by atoms with E-state index in [0.29, 0.717) is 30.8 Å². The van der Waals surface area contributed by atoms with E-state index in [0.717, 1.165) is 41.1 Å². The second-order valence-electron chi connectivity index (χ2n) is 11.4. The standard InChI is InChI=1S/C35H42F2N4O3/c1-5-11-41(12-6-2)35(44)27-14-23(3)13-26(18-27)34(43)39-31(17-24-15-28(36)20-29(37)16-24)33(42)22-38-21-30-19-25-9-7-8-10-32(25)40(30)4/h7-10,13-16,18-20,31,33,38,42H,5-6,11-12,17,21-22H2,1-4H3,(H,39,43)/t31-,33+/m0/s1. The van der Waals surface area contributed by atoms with Gasteiger partial charge in [-0.3, -0.25) is 9.59 Å². The largest absolute Gasteiger partial charge is 0.390 e. The number of carbonyl (C=O) groups excluding carboxylic acids is 2. The highest BCUT2D eigenvalue weighted by Gasteiger charge is 2.24. The van der Waals surface area contributed by atoms with Gasteiger partial charge in [0.25, 0.3) is 11.8 Å². The highest BCUT2D eigenvalue weighted by atomic mass is 19.1. The number of nitrogens with one attached hydrogen (secondary N) is 2. The minimum atomic E-state index is -1.09. The van der Waals surface area contributed by atoms with Crippen molar-refractivity contribution >= 4 is 22.7 Å². The van der Waals surface area contributed by atoms with Crippen LogP contribution in [0.2, 0.25) is 0 Å². The molecule has 0 aliphatic rings. The summed E-state index contributed by atoms with van der Waals surface area (Å²) in [6.45, 7) is 7.66. The highest BCUT2D eigenvalue weighted by molar-refractivity contribution is 6.00.